The van der Waals surface area contributed by atoms with E-state index in [4.69, 9.17) is 10.5 Å². The lowest BCUT2D eigenvalue weighted by Gasteiger charge is -2.21. The van der Waals surface area contributed by atoms with E-state index in [0.29, 0.717) is 12.8 Å². The van der Waals surface area contributed by atoms with Crippen molar-refractivity contribution in [3.63, 3.8) is 0 Å². The van der Waals surface area contributed by atoms with Crippen LogP contribution in [-0.4, -0.2) is 25.6 Å². The van der Waals surface area contributed by atoms with Crippen LogP contribution in [-0.2, 0) is 4.79 Å². The maximum atomic E-state index is 12.0. The van der Waals surface area contributed by atoms with Crippen LogP contribution in [0.2, 0.25) is 0 Å². The van der Waals surface area contributed by atoms with Crippen molar-refractivity contribution >= 4 is 11.6 Å². The first-order chi connectivity index (χ1) is 8.33. The molecular formula is C14H22N2O2. The third-order valence-electron chi connectivity index (χ3n) is 2.82. The average molecular weight is 250 g/mol. The van der Waals surface area contributed by atoms with Crippen molar-refractivity contribution in [1.29, 1.82) is 0 Å². The van der Waals surface area contributed by atoms with E-state index in [-0.39, 0.29) is 11.4 Å². The van der Waals surface area contributed by atoms with Gasteiger partial charge >= 0.3 is 0 Å². The molecule has 0 saturated heterocycles. The number of nitrogens with two attached hydrogens (primary N) is 1. The zero-order chi connectivity index (χ0) is 13.8. The number of nitrogens with zero attached hydrogens (tertiary/aromatic N) is 1. The van der Waals surface area contributed by atoms with Crippen molar-refractivity contribution in [3.05, 3.63) is 24.3 Å². The zero-order valence-electron chi connectivity index (χ0n) is 11.6. The number of carbonyl (C=O) groups is 1. The third-order valence-corrected chi connectivity index (χ3v) is 2.82. The third kappa shape index (κ3) is 4.37. The monoisotopic (exact) mass is 250 g/mol. The number of hydrogen-bond acceptors (Lipinski definition) is 3. The maximum absolute atomic E-state index is 12.0. The van der Waals surface area contributed by atoms with E-state index in [1.165, 1.54) is 0 Å². The lowest BCUT2D eigenvalue weighted by Crippen LogP contribution is -2.35. The van der Waals surface area contributed by atoms with Crippen LogP contribution < -0.4 is 15.4 Å². The molecule has 4 nitrogen and oxygen atoms in total. The number of amides is 1. The number of rotatable bonds is 5. The zero-order valence-corrected chi connectivity index (χ0v) is 11.6. The van der Waals surface area contributed by atoms with Gasteiger partial charge in [-0.15, -0.1) is 0 Å². The van der Waals surface area contributed by atoms with Crippen LogP contribution in [0.25, 0.3) is 0 Å². The average Bonchev–Trinajstić information content (AvgIpc) is 2.34. The molecule has 0 heterocycles. The highest BCUT2D eigenvalue weighted by Crippen LogP contribution is 2.19. The Labute approximate surface area is 109 Å². The second kappa shape index (κ2) is 5.87. The van der Waals surface area contributed by atoms with Crippen LogP contribution in [0.1, 0.15) is 26.7 Å². The van der Waals surface area contributed by atoms with Gasteiger partial charge in [-0.3, -0.25) is 4.79 Å². The highest BCUT2D eigenvalue weighted by atomic mass is 16.5. The quantitative estimate of drug-likeness (QED) is 0.871. The molecule has 1 rings (SSSR count). The highest BCUT2D eigenvalue weighted by Gasteiger charge is 2.16. The molecule has 0 atom stereocenters. The SMILES string of the molecule is COc1ccc(N(C)C(=O)CCC(C)(C)N)cc1. The van der Waals surface area contributed by atoms with E-state index < -0.39 is 0 Å². The summed E-state index contributed by atoms with van der Waals surface area (Å²) in [7, 11) is 3.39. The minimum absolute atomic E-state index is 0.0682. The van der Waals surface area contributed by atoms with E-state index in [0.717, 1.165) is 11.4 Å². The summed E-state index contributed by atoms with van der Waals surface area (Å²) in [5.74, 6) is 0.849. The van der Waals surface area contributed by atoms with Crippen LogP contribution in [0.3, 0.4) is 0 Å². The molecule has 0 fully saturated rings. The molecular weight excluding hydrogens is 228 g/mol. The Morgan fingerprint density at radius 2 is 1.89 bits per heavy atom. The van der Waals surface area contributed by atoms with Crippen molar-refractivity contribution in [1.82, 2.24) is 0 Å². The summed E-state index contributed by atoms with van der Waals surface area (Å²) >= 11 is 0. The molecule has 1 amide bonds. The number of carbonyl (C=O) groups excluding carboxylic acids is 1. The molecule has 0 radical (unpaired) electrons. The van der Waals surface area contributed by atoms with E-state index in [2.05, 4.69) is 0 Å². The van der Waals surface area contributed by atoms with Crippen LogP contribution in [0.15, 0.2) is 24.3 Å². The molecule has 0 aliphatic carbocycles. The summed E-state index contributed by atoms with van der Waals surface area (Å²) in [6.07, 6.45) is 1.12. The van der Waals surface area contributed by atoms with Gasteiger partial charge in [0.25, 0.3) is 0 Å². The standard InChI is InChI=1S/C14H22N2O2/c1-14(2,15)10-9-13(17)16(3)11-5-7-12(18-4)8-6-11/h5-8H,9-10,15H2,1-4H3. The normalized spacial score (nSPS) is 11.2. The predicted molar refractivity (Wildman–Crippen MR) is 73.9 cm³/mol. The smallest absolute Gasteiger partial charge is 0.226 e. The second-order valence-corrected chi connectivity index (χ2v) is 5.14. The topological polar surface area (TPSA) is 55.6 Å². The van der Waals surface area contributed by atoms with Crippen LogP contribution in [0.4, 0.5) is 5.69 Å². The van der Waals surface area contributed by atoms with E-state index in [9.17, 15) is 4.79 Å². The van der Waals surface area contributed by atoms with Gasteiger partial charge in [0.05, 0.1) is 7.11 Å². The lowest BCUT2D eigenvalue weighted by molar-refractivity contribution is -0.118. The minimum Gasteiger partial charge on any atom is -0.497 e. The Kier molecular flexibility index (Phi) is 4.73. The van der Waals surface area contributed by atoms with Gasteiger partial charge < -0.3 is 15.4 Å². The number of methoxy groups -OCH3 is 1. The fraction of sp³-hybridized carbons (Fsp3) is 0.500. The van der Waals surface area contributed by atoms with E-state index in [1.54, 1.807) is 19.1 Å². The number of anilines is 1. The van der Waals surface area contributed by atoms with Crippen molar-refractivity contribution in [2.75, 3.05) is 19.1 Å². The number of ether oxygens (including phenoxy) is 1. The minimum atomic E-state index is -0.309. The van der Waals surface area contributed by atoms with Crippen LogP contribution in [0.5, 0.6) is 5.75 Å². The largest absolute Gasteiger partial charge is 0.497 e. The molecule has 0 saturated carbocycles. The molecule has 1 aromatic rings. The maximum Gasteiger partial charge on any atom is 0.226 e. The molecule has 4 heteroatoms. The summed E-state index contributed by atoms with van der Waals surface area (Å²) in [5, 5.41) is 0. The molecule has 100 valence electrons. The van der Waals surface area contributed by atoms with E-state index >= 15 is 0 Å². The molecule has 1 aromatic carbocycles. The highest BCUT2D eigenvalue weighted by molar-refractivity contribution is 5.92. The Hall–Kier alpha value is -1.55. The van der Waals surface area contributed by atoms with Gasteiger partial charge in [0.1, 0.15) is 5.75 Å². The fourth-order valence-corrected chi connectivity index (χ4v) is 1.55. The van der Waals surface area contributed by atoms with Crippen molar-refractivity contribution in [3.8, 4) is 5.75 Å². The first-order valence-corrected chi connectivity index (χ1v) is 6.03. The van der Waals surface area contributed by atoms with Gasteiger partial charge in [-0.1, -0.05) is 0 Å². The Balaban J connectivity index is 2.62. The van der Waals surface area contributed by atoms with Gasteiger partial charge in [0, 0.05) is 24.7 Å². The predicted octanol–water partition coefficient (Wildman–Crippen LogP) is 2.18. The molecule has 2 N–H and O–H groups in total. The molecule has 0 spiro atoms. The van der Waals surface area contributed by atoms with Crippen molar-refractivity contribution < 1.29 is 9.53 Å². The van der Waals surface area contributed by atoms with Crippen LogP contribution >= 0.6 is 0 Å². The number of hydrogen-bond donors (Lipinski definition) is 1. The van der Waals surface area contributed by atoms with Gasteiger partial charge in [-0.2, -0.15) is 0 Å². The summed E-state index contributed by atoms with van der Waals surface area (Å²) in [6, 6.07) is 7.41. The van der Waals surface area contributed by atoms with Crippen molar-refractivity contribution in [2.45, 2.75) is 32.2 Å². The molecule has 0 bridgehead atoms. The first kappa shape index (κ1) is 14.5. The van der Waals surface area contributed by atoms with Gasteiger partial charge in [0.15, 0.2) is 0 Å². The molecule has 18 heavy (non-hydrogen) atoms. The summed E-state index contributed by atoms with van der Waals surface area (Å²) in [6.45, 7) is 3.85. The molecule has 0 aromatic heterocycles. The second-order valence-electron chi connectivity index (χ2n) is 5.14. The molecule has 0 aliphatic heterocycles. The number of benzene rings is 1. The Bertz CT molecular complexity index is 393. The van der Waals surface area contributed by atoms with Crippen LogP contribution in [0, 0.1) is 0 Å². The fourth-order valence-electron chi connectivity index (χ4n) is 1.55. The van der Waals surface area contributed by atoms with E-state index in [1.807, 2.05) is 38.1 Å². The lowest BCUT2D eigenvalue weighted by atomic mass is 10.00. The summed E-state index contributed by atoms with van der Waals surface area (Å²) < 4.78 is 5.08. The van der Waals surface area contributed by atoms with Gasteiger partial charge in [0.2, 0.25) is 5.91 Å². The Morgan fingerprint density at radius 1 is 1.33 bits per heavy atom. The van der Waals surface area contributed by atoms with Gasteiger partial charge in [-0.25, -0.2) is 0 Å². The summed E-state index contributed by atoms with van der Waals surface area (Å²) in [4.78, 5) is 13.6. The summed E-state index contributed by atoms with van der Waals surface area (Å²) in [5.41, 5.74) is 6.42. The van der Waals surface area contributed by atoms with Gasteiger partial charge in [-0.05, 0) is 44.5 Å². The Morgan fingerprint density at radius 3 is 2.33 bits per heavy atom. The molecule has 0 aliphatic rings. The first-order valence-electron chi connectivity index (χ1n) is 6.03. The molecule has 0 unspecified atom stereocenters. The van der Waals surface area contributed by atoms with Crippen molar-refractivity contribution in [2.24, 2.45) is 5.73 Å².